The van der Waals surface area contributed by atoms with Gasteiger partial charge in [0.05, 0.1) is 10.6 Å². The third kappa shape index (κ3) is 3.72. The van der Waals surface area contributed by atoms with Crippen molar-refractivity contribution in [3.05, 3.63) is 41.8 Å². The van der Waals surface area contributed by atoms with E-state index < -0.39 is 9.84 Å². The molecule has 1 rings (SSSR count). The number of benzene rings is 1. The standard InChI is InChI=1S/C11H14O2S2/c1-3-14-10(2)9-15(12,13)11-7-5-4-6-8-11/h4-8H,2-3,9H2,1H3. The summed E-state index contributed by atoms with van der Waals surface area (Å²) in [5, 5.41) is 0. The lowest BCUT2D eigenvalue weighted by Gasteiger charge is -2.05. The molecular weight excluding hydrogens is 228 g/mol. The zero-order valence-electron chi connectivity index (χ0n) is 8.64. The summed E-state index contributed by atoms with van der Waals surface area (Å²) in [5.74, 6) is 0.874. The lowest BCUT2D eigenvalue weighted by Crippen LogP contribution is -2.07. The summed E-state index contributed by atoms with van der Waals surface area (Å²) in [4.78, 5) is 1.06. The van der Waals surface area contributed by atoms with Crippen LogP contribution < -0.4 is 0 Å². The average Bonchev–Trinajstić information content (AvgIpc) is 2.18. The van der Waals surface area contributed by atoms with E-state index in [0.29, 0.717) is 9.80 Å². The minimum absolute atomic E-state index is 0.0233. The van der Waals surface area contributed by atoms with E-state index in [9.17, 15) is 8.42 Å². The van der Waals surface area contributed by atoms with E-state index in [2.05, 4.69) is 6.58 Å². The fourth-order valence-corrected chi connectivity index (χ4v) is 3.54. The van der Waals surface area contributed by atoms with Crippen LogP contribution in [0.5, 0.6) is 0 Å². The molecule has 0 heterocycles. The van der Waals surface area contributed by atoms with Crippen molar-refractivity contribution in [2.24, 2.45) is 0 Å². The van der Waals surface area contributed by atoms with Crippen molar-refractivity contribution in [3.8, 4) is 0 Å². The van der Waals surface area contributed by atoms with Gasteiger partial charge in [0.2, 0.25) is 0 Å². The molecule has 4 heteroatoms. The second-order valence-electron chi connectivity index (χ2n) is 3.04. The number of rotatable bonds is 5. The van der Waals surface area contributed by atoms with E-state index in [1.165, 1.54) is 11.8 Å². The molecule has 0 N–H and O–H groups in total. The van der Waals surface area contributed by atoms with Gasteiger partial charge >= 0.3 is 0 Å². The van der Waals surface area contributed by atoms with E-state index in [1.54, 1.807) is 30.3 Å². The van der Waals surface area contributed by atoms with Crippen LogP contribution in [0.3, 0.4) is 0 Å². The lowest BCUT2D eigenvalue weighted by atomic mass is 10.4. The second-order valence-corrected chi connectivity index (χ2v) is 6.48. The number of thioether (sulfide) groups is 1. The van der Waals surface area contributed by atoms with Gasteiger partial charge in [0.25, 0.3) is 0 Å². The summed E-state index contributed by atoms with van der Waals surface area (Å²) in [5.41, 5.74) is 0. The summed E-state index contributed by atoms with van der Waals surface area (Å²) >= 11 is 1.48. The quantitative estimate of drug-likeness (QED) is 0.796. The zero-order chi connectivity index (χ0) is 11.3. The van der Waals surface area contributed by atoms with E-state index in [1.807, 2.05) is 6.92 Å². The predicted molar refractivity (Wildman–Crippen MR) is 65.8 cm³/mol. The van der Waals surface area contributed by atoms with Gasteiger partial charge in [-0.2, -0.15) is 0 Å². The van der Waals surface area contributed by atoms with Gasteiger partial charge in [-0.25, -0.2) is 8.42 Å². The largest absolute Gasteiger partial charge is 0.223 e. The van der Waals surface area contributed by atoms with E-state index in [0.717, 1.165) is 5.75 Å². The first-order chi connectivity index (χ1) is 7.06. The van der Waals surface area contributed by atoms with Crippen molar-refractivity contribution in [1.82, 2.24) is 0 Å². The molecule has 0 amide bonds. The Hall–Kier alpha value is -0.740. The lowest BCUT2D eigenvalue weighted by molar-refractivity contribution is 0.599. The Morgan fingerprint density at radius 1 is 1.33 bits per heavy atom. The van der Waals surface area contributed by atoms with Crippen molar-refractivity contribution in [2.75, 3.05) is 11.5 Å². The molecule has 0 aliphatic heterocycles. The number of sulfone groups is 1. The molecule has 0 spiro atoms. The Morgan fingerprint density at radius 3 is 2.47 bits per heavy atom. The SMILES string of the molecule is C=C(CS(=O)(=O)c1ccccc1)SCC. The smallest absolute Gasteiger partial charge is 0.183 e. The average molecular weight is 242 g/mol. The molecule has 0 radical (unpaired) electrons. The van der Waals surface area contributed by atoms with Gasteiger partial charge in [-0.15, -0.1) is 11.8 Å². The van der Waals surface area contributed by atoms with Crippen LogP contribution in [-0.4, -0.2) is 19.9 Å². The van der Waals surface area contributed by atoms with Crippen LogP contribution in [0.1, 0.15) is 6.92 Å². The molecule has 1 aromatic rings. The van der Waals surface area contributed by atoms with E-state index in [4.69, 9.17) is 0 Å². The molecule has 0 saturated heterocycles. The highest BCUT2D eigenvalue weighted by atomic mass is 32.2. The van der Waals surface area contributed by atoms with Crippen molar-refractivity contribution in [1.29, 1.82) is 0 Å². The van der Waals surface area contributed by atoms with E-state index >= 15 is 0 Å². The van der Waals surface area contributed by atoms with Gasteiger partial charge in [0.15, 0.2) is 9.84 Å². The monoisotopic (exact) mass is 242 g/mol. The molecule has 2 nitrogen and oxygen atoms in total. The Balaban J connectivity index is 2.81. The van der Waals surface area contributed by atoms with Crippen LogP contribution >= 0.6 is 11.8 Å². The van der Waals surface area contributed by atoms with Gasteiger partial charge in [0, 0.05) is 0 Å². The van der Waals surface area contributed by atoms with Gasteiger partial charge in [0.1, 0.15) is 0 Å². The highest BCUT2D eigenvalue weighted by Gasteiger charge is 2.14. The Morgan fingerprint density at radius 2 is 1.93 bits per heavy atom. The molecule has 0 saturated carbocycles. The molecule has 0 atom stereocenters. The molecule has 15 heavy (non-hydrogen) atoms. The fraction of sp³-hybridized carbons (Fsp3) is 0.273. The van der Waals surface area contributed by atoms with Gasteiger partial charge < -0.3 is 0 Å². The molecule has 0 fully saturated rings. The van der Waals surface area contributed by atoms with Gasteiger partial charge in [-0.3, -0.25) is 0 Å². The topological polar surface area (TPSA) is 34.1 Å². The maximum Gasteiger partial charge on any atom is 0.183 e. The Bertz CT molecular complexity index is 421. The molecule has 0 aliphatic carbocycles. The van der Waals surface area contributed by atoms with Crippen LogP contribution in [0.4, 0.5) is 0 Å². The molecular formula is C11H14O2S2. The minimum atomic E-state index is -3.20. The molecule has 0 aliphatic rings. The van der Waals surface area contributed by atoms with Crippen molar-refractivity contribution in [2.45, 2.75) is 11.8 Å². The zero-order valence-corrected chi connectivity index (χ0v) is 10.3. The predicted octanol–water partition coefficient (Wildman–Crippen LogP) is 2.73. The summed E-state index contributed by atoms with van der Waals surface area (Å²) < 4.78 is 23.7. The van der Waals surface area contributed by atoms with Crippen LogP contribution in [0.2, 0.25) is 0 Å². The van der Waals surface area contributed by atoms with Crippen molar-refractivity contribution < 1.29 is 8.42 Å². The molecule has 82 valence electrons. The highest BCUT2D eigenvalue weighted by molar-refractivity contribution is 8.04. The van der Waals surface area contributed by atoms with Crippen LogP contribution in [0, 0.1) is 0 Å². The van der Waals surface area contributed by atoms with Crippen LogP contribution in [-0.2, 0) is 9.84 Å². The molecule has 1 aromatic carbocycles. The first-order valence-electron chi connectivity index (χ1n) is 4.64. The molecule has 0 aromatic heterocycles. The van der Waals surface area contributed by atoms with E-state index in [-0.39, 0.29) is 5.75 Å². The first-order valence-corrected chi connectivity index (χ1v) is 7.28. The summed E-state index contributed by atoms with van der Waals surface area (Å²) in [6.07, 6.45) is 0. The van der Waals surface area contributed by atoms with Crippen LogP contribution in [0.15, 0.2) is 46.7 Å². The molecule has 0 bridgehead atoms. The Kier molecular flexibility index (Phi) is 4.42. The molecule has 0 unspecified atom stereocenters. The third-order valence-electron chi connectivity index (χ3n) is 1.80. The van der Waals surface area contributed by atoms with Crippen LogP contribution in [0.25, 0.3) is 0 Å². The first kappa shape index (κ1) is 12.3. The number of hydrogen-bond acceptors (Lipinski definition) is 3. The summed E-state index contributed by atoms with van der Waals surface area (Å²) in [6, 6.07) is 8.47. The van der Waals surface area contributed by atoms with Gasteiger partial charge in [-0.1, -0.05) is 31.7 Å². The highest BCUT2D eigenvalue weighted by Crippen LogP contribution is 2.19. The second kappa shape index (κ2) is 5.37. The normalized spacial score (nSPS) is 11.3. The number of hydrogen-bond donors (Lipinski definition) is 0. The van der Waals surface area contributed by atoms with Crippen molar-refractivity contribution in [3.63, 3.8) is 0 Å². The fourth-order valence-electron chi connectivity index (χ4n) is 1.17. The maximum atomic E-state index is 11.8. The summed E-state index contributed by atoms with van der Waals surface area (Å²) in [7, 11) is -3.20. The third-order valence-corrected chi connectivity index (χ3v) is 4.54. The maximum absolute atomic E-state index is 11.8. The Labute approximate surface area is 95.3 Å². The minimum Gasteiger partial charge on any atom is -0.223 e. The van der Waals surface area contributed by atoms with Gasteiger partial charge in [-0.05, 0) is 22.8 Å². The summed E-state index contributed by atoms with van der Waals surface area (Å²) in [6.45, 7) is 5.72. The van der Waals surface area contributed by atoms with Crippen molar-refractivity contribution >= 4 is 21.6 Å².